The monoisotopic (exact) mass is 288 g/mol. The van der Waals surface area contributed by atoms with Gasteiger partial charge in [-0.3, -0.25) is 5.43 Å². The lowest BCUT2D eigenvalue weighted by atomic mass is 9.75. The first-order valence-electron chi connectivity index (χ1n) is 8.36. The molecule has 1 saturated heterocycles. The van der Waals surface area contributed by atoms with Crippen LogP contribution < -0.4 is 10.2 Å². The standard InChI is InChI=1S/C18H28N2O/c1-13-7-6-8-14(2)20(13)19-16-11-15(12-16)17-9-4-5-10-18(17)21-3/h4-5,9-10,13-16,19H,6-8,11-12H2,1-3H3. The lowest BCUT2D eigenvalue weighted by Crippen LogP contribution is -2.58. The van der Waals surface area contributed by atoms with Gasteiger partial charge >= 0.3 is 0 Å². The number of benzene rings is 1. The largest absolute Gasteiger partial charge is 0.496 e. The van der Waals surface area contributed by atoms with Crippen molar-refractivity contribution in [2.24, 2.45) is 0 Å². The molecule has 3 nitrogen and oxygen atoms in total. The van der Waals surface area contributed by atoms with Crippen LogP contribution in [-0.4, -0.2) is 30.2 Å². The number of methoxy groups -OCH3 is 1. The molecule has 21 heavy (non-hydrogen) atoms. The highest BCUT2D eigenvalue weighted by Gasteiger charge is 2.35. The van der Waals surface area contributed by atoms with Crippen LogP contribution in [0.5, 0.6) is 5.75 Å². The van der Waals surface area contributed by atoms with Gasteiger partial charge in [-0.05, 0) is 57.1 Å². The van der Waals surface area contributed by atoms with Crippen LogP contribution in [0.3, 0.4) is 0 Å². The maximum Gasteiger partial charge on any atom is 0.122 e. The van der Waals surface area contributed by atoms with Crippen LogP contribution in [0.4, 0.5) is 0 Å². The SMILES string of the molecule is COc1ccccc1C1CC(NN2C(C)CCCC2C)C1. The number of nitrogens with one attached hydrogen (secondary N) is 1. The number of hydrogen-bond acceptors (Lipinski definition) is 3. The molecule has 1 N–H and O–H groups in total. The van der Waals surface area contributed by atoms with E-state index in [1.165, 1.54) is 37.7 Å². The number of hydrogen-bond donors (Lipinski definition) is 1. The minimum absolute atomic E-state index is 0.628. The summed E-state index contributed by atoms with van der Waals surface area (Å²) >= 11 is 0. The number of piperidine rings is 1. The van der Waals surface area contributed by atoms with Gasteiger partial charge in [-0.2, -0.15) is 0 Å². The lowest BCUT2D eigenvalue weighted by Gasteiger charge is -2.46. The summed E-state index contributed by atoms with van der Waals surface area (Å²) < 4.78 is 5.49. The maximum absolute atomic E-state index is 5.49. The van der Waals surface area contributed by atoms with Gasteiger partial charge in [-0.1, -0.05) is 24.6 Å². The Labute approximate surface area is 128 Å². The molecule has 0 amide bonds. The van der Waals surface area contributed by atoms with Gasteiger partial charge in [0, 0.05) is 18.1 Å². The van der Waals surface area contributed by atoms with Gasteiger partial charge in [-0.25, -0.2) is 5.01 Å². The zero-order valence-corrected chi connectivity index (χ0v) is 13.5. The van der Waals surface area contributed by atoms with Crippen molar-refractivity contribution in [3.8, 4) is 5.75 Å². The van der Waals surface area contributed by atoms with Crippen molar-refractivity contribution in [2.75, 3.05) is 7.11 Å². The molecule has 1 aliphatic carbocycles. The summed E-state index contributed by atoms with van der Waals surface area (Å²) in [6.45, 7) is 4.69. The molecular formula is C18H28N2O. The molecule has 0 spiro atoms. The Morgan fingerprint density at radius 2 is 1.76 bits per heavy atom. The number of nitrogens with zero attached hydrogens (tertiary/aromatic N) is 1. The van der Waals surface area contributed by atoms with E-state index >= 15 is 0 Å². The van der Waals surface area contributed by atoms with E-state index < -0.39 is 0 Å². The minimum atomic E-state index is 0.628. The molecule has 2 fully saturated rings. The Morgan fingerprint density at radius 3 is 2.43 bits per heavy atom. The molecule has 1 heterocycles. The van der Waals surface area contributed by atoms with Crippen LogP contribution in [0.2, 0.25) is 0 Å². The van der Waals surface area contributed by atoms with Gasteiger partial charge in [0.15, 0.2) is 0 Å². The van der Waals surface area contributed by atoms with Crippen molar-refractivity contribution in [2.45, 2.75) is 70.0 Å². The zero-order valence-electron chi connectivity index (χ0n) is 13.5. The Bertz CT molecular complexity index is 460. The van der Waals surface area contributed by atoms with Crippen LogP contribution >= 0.6 is 0 Å². The highest BCUT2D eigenvalue weighted by molar-refractivity contribution is 5.37. The first-order valence-corrected chi connectivity index (χ1v) is 8.36. The van der Waals surface area contributed by atoms with Crippen molar-refractivity contribution in [3.63, 3.8) is 0 Å². The van der Waals surface area contributed by atoms with E-state index in [1.54, 1.807) is 7.11 Å². The van der Waals surface area contributed by atoms with E-state index in [2.05, 4.69) is 42.5 Å². The molecule has 116 valence electrons. The molecule has 2 aliphatic rings. The Hall–Kier alpha value is -1.06. The van der Waals surface area contributed by atoms with Crippen LogP contribution in [0, 0.1) is 0 Å². The van der Waals surface area contributed by atoms with Crippen molar-refractivity contribution < 1.29 is 4.74 Å². The summed E-state index contributed by atoms with van der Waals surface area (Å²) in [5.41, 5.74) is 5.16. The van der Waals surface area contributed by atoms with Gasteiger partial charge in [0.25, 0.3) is 0 Å². The third kappa shape index (κ3) is 3.09. The van der Waals surface area contributed by atoms with Gasteiger partial charge < -0.3 is 4.74 Å². The van der Waals surface area contributed by atoms with Crippen LogP contribution in [-0.2, 0) is 0 Å². The second-order valence-electron chi connectivity index (χ2n) is 6.77. The zero-order chi connectivity index (χ0) is 14.8. The molecule has 0 bridgehead atoms. The molecule has 1 aromatic rings. The van der Waals surface area contributed by atoms with Gasteiger partial charge in [0.1, 0.15) is 5.75 Å². The Kier molecular flexibility index (Phi) is 4.51. The highest BCUT2D eigenvalue weighted by atomic mass is 16.5. The van der Waals surface area contributed by atoms with E-state index in [9.17, 15) is 0 Å². The molecule has 0 aromatic heterocycles. The molecule has 2 unspecified atom stereocenters. The Balaban J connectivity index is 1.56. The van der Waals surface area contributed by atoms with E-state index in [1.807, 2.05) is 6.07 Å². The molecule has 2 atom stereocenters. The third-order valence-corrected chi connectivity index (χ3v) is 5.24. The van der Waals surface area contributed by atoms with E-state index in [0.717, 1.165) is 5.75 Å². The number of hydrazine groups is 1. The predicted molar refractivity (Wildman–Crippen MR) is 86.5 cm³/mol. The maximum atomic E-state index is 5.49. The fraction of sp³-hybridized carbons (Fsp3) is 0.667. The first-order chi connectivity index (χ1) is 10.2. The summed E-state index contributed by atoms with van der Waals surface area (Å²) in [7, 11) is 1.77. The van der Waals surface area contributed by atoms with E-state index in [-0.39, 0.29) is 0 Å². The van der Waals surface area contributed by atoms with E-state index in [4.69, 9.17) is 4.74 Å². The molecule has 1 aromatic carbocycles. The summed E-state index contributed by atoms with van der Waals surface area (Å²) in [4.78, 5) is 0. The summed E-state index contributed by atoms with van der Waals surface area (Å²) in [6.07, 6.45) is 6.45. The average Bonchev–Trinajstić information content (AvgIpc) is 2.45. The topological polar surface area (TPSA) is 24.5 Å². The number of para-hydroxylation sites is 1. The fourth-order valence-electron chi connectivity index (χ4n) is 3.87. The third-order valence-electron chi connectivity index (χ3n) is 5.24. The first kappa shape index (κ1) is 14.9. The van der Waals surface area contributed by atoms with Crippen molar-refractivity contribution in [1.29, 1.82) is 0 Å². The second kappa shape index (κ2) is 6.37. The number of ether oxygens (including phenoxy) is 1. The number of rotatable bonds is 4. The van der Waals surface area contributed by atoms with Crippen LogP contribution in [0.25, 0.3) is 0 Å². The van der Waals surface area contributed by atoms with E-state index in [0.29, 0.717) is 24.0 Å². The van der Waals surface area contributed by atoms with Gasteiger partial charge in [-0.15, -0.1) is 0 Å². The normalized spacial score (nSPS) is 33.5. The summed E-state index contributed by atoms with van der Waals surface area (Å²) in [6, 6.07) is 10.4. The molecular weight excluding hydrogens is 260 g/mol. The van der Waals surface area contributed by atoms with Crippen molar-refractivity contribution in [1.82, 2.24) is 10.4 Å². The van der Waals surface area contributed by atoms with Gasteiger partial charge in [0.05, 0.1) is 7.11 Å². The predicted octanol–water partition coefficient (Wildman–Crippen LogP) is 3.71. The van der Waals surface area contributed by atoms with Crippen molar-refractivity contribution in [3.05, 3.63) is 29.8 Å². The van der Waals surface area contributed by atoms with Gasteiger partial charge in [0.2, 0.25) is 0 Å². The summed E-state index contributed by atoms with van der Waals surface area (Å²) in [5, 5.41) is 2.51. The fourth-order valence-corrected chi connectivity index (χ4v) is 3.87. The van der Waals surface area contributed by atoms with Crippen LogP contribution in [0.1, 0.15) is 57.4 Å². The second-order valence-corrected chi connectivity index (χ2v) is 6.77. The molecule has 3 heteroatoms. The average molecular weight is 288 g/mol. The van der Waals surface area contributed by atoms with Crippen molar-refractivity contribution >= 4 is 0 Å². The quantitative estimate of drug-likeness (QED) is 0.914. The molecule has 1 aliphatic heterocycles. The molecule has 3 rings (SSSR count). The van der Waals surface area contributed by atoms with Crippen LogP contribution in [0.15, 0.2) is 24.3 Å². The molecule has 1 saturated carbocycles. The smallest absolute Gasteiger partial charge is 0.122 e. The lowest BCUT2D eigenvalue weighted by molar-refractivity contribution is 0.0105. The molecule has 0 radical (unpaired) electrons. The highest BCUT2D eigenvalue weighted by Crippen LogP contribution is 2.41. The summed E-state index contributed by atoms with van der Waals surface area (Å²) in [5.74, 6) is 1.69. The minimum Gasteiger partial charge on any atom is -0.496 e. The Morgan fingerprint density at radius 1 is 1.10 bits per heavy atom.